The van der Waals surface area contributed by atoms with E-state index in [1.807, 2.05) is 18.2 Å². The van der Waals surface area contributed by atoms with Crippen LogP contribution in [0.2, 0.25) is 5.02 Å². The highest BCUT2D eigenvalue weighted by molar-refractivity contribution is 6.31. The Morgan fingerprint density at radius 1 is 1.21 bits per heavy atom. The minimum Gasteiger partial charge on any atom is -0.378 e. The molecule has 132 valence electrons. The summed E-state index contributed by atoms with van der Waals surface area (Å²) < 4.78 is 5.40. The highest BCUT2D eigenvalue weighted by atomic mass is 35.5. The van der Waals surface area contributed by atoms with E-state index in [0.29, 0.717) is 24.2 Å². The molecular weight excluding hydrogens is 326 g/mol. The summed E-state index contributed by atoms with van der Waals surface area (Å²) in [5.41, 5.74) is 1.75. The molecule has 1 saturated heterocycles. The summed E-state index contributed by atoms with van der Waals surface area (Å²) in [7, 11) is 0. The number of carbonyl (C=O) groups is 1. The molecule has 0 aromatic heterocycles. The molecule has 1 aliphatic carbocycles. The molecule has 1 aromatic carbocycles. The first-order valence-corrected chi connectivity index (χ1v) is 9.27. The molecule has 2 amide bonds. The number of hydrogen-bond donors (Lipinski definition) is 2. The van der Waals surface area contributed by atoms with Crippen molar-refractivity contribution < 1.29 is 9.53 Å². The fourth-order valence-corrected chi connectivity index (χ4v) is 3.66. The van der Waals surface area contributed by atoms with E-state index < -0.39 is 0 Å². The number of halogens is 1. The van der Waals surface area contributed by atoms with E-state index in [0.717, 1.165) is 31.0 Å². The highest BCUT2D eigenvalue weighted by Gasteiger charge is 2.18. The summed E-state index contributed by atoms with van der Waals surface area (Å²) in [5, 5.41) is 6.61. The van der Waals surface area contributed by atoms with Gasteiger partial charge in [0.2, 0.25) is 0 Å². The molecule has 2 aliphatic rings. The molecule has 1 heterocycles. The summed E-state index contributed by atoms with van der Waals surface area (Å²) >= 11 is 6.12. The number of ether oxygens (including phenoxy) is 1. The maximum Gasteiger partial charge on any atom is 0.319 e. The van der Waals surface area contributed by atoms with E-state index in [-0.39, 0.29) is 6.03 Å². The van der Waals surface area contributed by atoms with Crippen molar-refractivity contribution in [1.29, 1.82) is 0 Å². The standard InChI is InChI=1S/C18H26ClN3O2/c19-15-6-7-17(22-8-10-24-11-9-22)16(12-15)21-18(23)20-13-14-4-2-1-3-5-14/h6-7,12,14H,1-5,8-11,13H2,(H2,20,21,23). The quantitative estimate of drug-likeness (QED) is 0.865. The number of nitrogens with zero attached hydrogens (tertiary/aromatic N) is 1. The number of anilines is 2. The summed E-state index contributed by atoms with van der Waals surface area (Å²) in [4.78, 5) is 14.5. The number of carbonyl (C=O) groups excluding carboxylic acids is 1. The fourth-order valence-electron chi connectivity index (χ4n) is 3.48. The molecule has 0 bridgehead atoms. The van der Waals surface area contributed by atoms with E-state index in [2.05, 4.69) is 15.5 Å². The second-order valence-corrected chi connectivity index (χ2v) is 7.04. The van der Waals surface area contributed by atoms with Crippen molar-refractivity contribution in [2.24, 2.45) is 5.92 Å². The van der Waals surface area contributed by atoms with Gasteiger partial charge in [-0.25, -0.2) is 4.79 Å². The van der Waals surface area contributed by atoms with Crippen LogP contribution in [0.15, 0.2) is 18.2 Å². The maximum atomic E-state index is 12.3. The number of amides is 2. The van der Waals surface area contributed by atoms with Crippen LogP contribution in [-0.2, 0) is 4.74 Å². The molecule has 0 spiro atoms. The molecule has 1 aliphatic heterocycles. The molecule has 3 rings (SSSR count). The van der Waals surface area contributed by atoms with E-state index in [4.69, 9.17) is 16.3 Å². The Morgan fingerprint density at radius 2 is 1.96 bits per heavy atom. The summed E-state index contributed by atoms with van der Waals surface area (Å²) in [6.07, 6.45) is 6.33. The first-order valence-electron chi connectivity index (χ1n) is 8.89. The van der Waals surface area contributed by atoms with Crippen molar-refractivity contribution in [1.82, 2.24) is 5.32 Å². The van der Waals surface area contributed by atoms with E-state index in [1.54, 1.807) is 0 Å². The first kappa shape index (κ1) is 17.4. The van der Waals surface area contributed by atoms with Gasteiger partial charge in [-0.2, -0.15) is 0 Å². The molecule has 0 radical (unpaired) electrons. The van der Waals surface area contributed by atoms with Crippen molar-refractivity contribution in [3.8, 4) is 0 Å². The Balaban J connectivity index is 1.60. The topological polar surface area (TPSA) is 53.6 Å². The molecular formula is C18H26ClN3O2. The zero-order valence-electron chi connectivity index (χ0n) is 14.0. The van der Waals surface area contributed by atoms with Gasteiger partial charge in [-0.15, -0.1) is 0 Å². The van der Waals surface area contributed by atoms with Gasteiger partial charge in [0.1, 0.15) is 0 Å². The van der Waals surface area contributed by atoms with Crippen LogP contribution in [0.3, 0.4) is 0 Å². The van der Waals surface area contributed by atoms with Crippen LogP contribution in [0, 0.1) is 5.92 Å². The summed E-state index contributed by atoms with van der Waals surface area (Å²) in [6, 6.07) is 5.48. The van der Waals surface area contributed by atoms with E-state index in [9.17, 15) is 4.79 Å². The molecule has 5 nitrogen and oxygen atoms in total. The number of rotatable bonds is 4. The number of urea groups is 1. The van der Waals surface area contributed by atoms with Gasteiger partial charge in [0.25, 0.3) is 0 Å². The second-order valence-electron chi connectivity index (χ2n) is 6.60. The fraction of sp³-hybridized carbons (Fsp3) is 0.611. The lowest BCUT2D eigenvalue weighted by Gasteiger charge is -2.30. The molecule has 1 saturated carbocycles. The lowest BCUT2D eigenvalue weighted by Crippen LogP contribution is -2.38. The van der Waals surface area contributed by atoms with Crippen LogP contribution < -0.4 is 15.5 Å². The number of hydrogen-bond acceptors (Lipinski definition) is 3. The van der Waals surface area contributed by atoms with Crippen LogP contribution >= 0.6 is 11.6 Å². The third kappa shape index (κ3) is 4.77. The monoisotopic (exact) mass is 351 g/mol. The third-order valence-electron chi connectivity index (χ3n) is 4.83. The number of benzene rings is 1. The Bertz CT molecular complexity index is 555. The highest BCUT2D eigenvalue weighted by Crippen LogP contribution is 2.30. The SMILES string of the molecule is O=C(NCC1CCCCC1)Nc1cc(Cl)ccc1N1CCOCC1. The zero-order chi connectivity index (χ0) is 16.8. The van der Waals surface area contributed by atoms with Crippen molar-refractivity contribution in [2.75, 3.05) is 43.1 Å². The van der Waals surface area contributed by atoms with Crippen molar-refractivity contribution in [3.05, 3.63) is 23.2 Å². The van der Waals surface area contributed by atoms with Crippen LogP contribution in [0.5, 0.6) is 0 Å². The predicted octanol–water partition coefficient (Wildman–Crippen LogP) is 3.88. The lowest BCUT2D eigenvalue weighted by atomic mass is 9.89. The van der Waals surface area contributed by atoms with Crippen LogP contribution in [0.4, 0.5) is 16.2 Å². The second kappa shape index (κ2) is 8.58. The minimum absolute atomic E-state index is 0.155. The van der Waals surface area contributed by atoms with Gasteiger partial charge >= 0.3 is 6.03 Å². The van der Waals surface area contributed by atoms with Crippen molar-refractivity contribution >= 4 is 29.0 Å². The van der Waals surface area contributed by atoms with Crippen LogP contribution in [0.1, 0.15) is 32.1 Å². The maximum absolute atomic E-state index is 12.3. The third-order valence-corrected chi connectivity index (χ3v) is 5.07. The smallest absolute Gasteiger partial charge is 0.319 e. The Kier molecular flexibility index (Phi) is 6.21. The first-order chi connectivity index (χ1) is 11.7. The molecule has 2 fully saturated rings. The van der Waals surface area contributed by atoms with Gasteiger partial charge in [0, 0.05) is 24.7 Å². The minimum atomic E-state index is -0.155. The molecule has 1 aromatic rings. The largest absolute Gasteiger partial charge is 0.378 e. The average Bonchev–Trinajstić information content (AvgIpc) is 2.62. The summed E-state index contributed by atoms with van der Waals surface area (Å²) in [6.45, 7) is 3.80. The predicted molar refractivity (Wildman–Crippen MR) is 98.1 cm³/mol. The zero-order valence-corrected chi connectivity index (χ0v) is 14.8. The van der Waals surface area contributed by atoms with Crippen LogP contribution in [-0.4, -0.2) is 38.9 Å². The van der Waals surface area contributed by atoms with Crippen LogP contribution in [0.25, 0.3) is 0 Å². The van der Waals surface area contributed by atoms with Gasteiger partial charge in [-0.3, -0.25) is 0 Å². The normalized spacial score (nSPS) is 19.1. The molecule has 0 unspecified atom stereocenters. The van der Waals surface area contributed by atoms with Crippen molar-refractivity contribution in [2.45, 2.75) is 32.1 Å². The lowest BCUT2D eigenvalue weighted by molar-refractivity contribution is 0.123. The van der Waals surface area contributed by atoms with Gasteiger partial charge in [0.15, 0.2) is 0 Å². The molecule has 0 atom stereocenters. The average molecular weight is 352 g/mol. The van der Waals surface area contributed by atoms with E-state index in [1.165, 1.54) is 32.1 Å². The Hall–Kier alpha value is -1.46. The van der Waals surface area contributed by atoms with Gasteiger partial charge in [-0.1, -0.05) is 30.9 Å². The van der Waals surface area contributed by atoms with Crippen molar-refractivity contribution in [3.63, 3.8) is 0 Å². The van der Waals surface area contributed by atoms with Gasteiger partial charge in [-0.05, 0) is 37.0 Å². The van der Waals surface area contributed by atoms with Gasteiger partial charge < -0.3 is 20.3 Å². The molecule has 2 N–H and O–H groups in total. The molecule has 24 heavy (non-hydrogen) atoms. The van der Waals surface area contributed by atoms with Gasteiger partial charge in [0.05, 0.1) is 24.6 Å². The van der Waals surface area contributed by atoms with E-state index >= 15 is 0 Å². The molecule has 6 heteroatoms. The number of morpholine rings is 1. The summed E-state index contributed by atoms with van der Waals surface area (Å²) in [5.74, 6) is 0.613. The Morgan fingerprint density at radius 3 is 2.71 bits per heavy atom. The number of nitrogens with one attached hydrogen (secondary N) is 2. The Labute approximate surface area is 148 Å².